The van der Waals surface area contributed by atoms with Crippen molar-refractivity contribution in [1.29, 1.82) is 0 Å². The fourth-order valence-corrected chi connectivity index (χ4v) is 3.85. The first kappa shape index (κ1) is 15.5. The summed E-state index contributed by atoms with van der Waals surface area (Å²) in [6.45, 7) is 5.55. The molecule has 2 aromatic rings. The summed E-state index contributed by atoms with van der Waals surface area (Å²) in [7, 11) is -3.65. The van der Waals surface area contributed by atoms with Gasteiger partial charge >= 0.3 is 0 Å². The van der Waals surface area contributed by atoms with Crippen LogP contribution in [-0.4, -0.2) is 8.42 Å². The maximum Gasteiger partial charge on any atom is 0.243 e. The molecule has 5 heteroatoms. The van der Waals surface area contributed by atoms with Crippen LogP contribution in [0.5, 0.6) is 0 Å². The molecule has 2 rings (SSSR count). The van der Waals surface area contributed by atoms with E-state index in [9.17, 15) is 8.42 Å². The lowest BCUT2D eigenvalue weighted by Gasteiger charge is -2.17. The molecule has 1 atom stereocenters. The van der Waals surface area contributed by atoms with Crippen molar-refractivity contribution in [2.75, 3.05) is 5.73 Å². The molecule has 0 aliphatic rings. The molecule has 3 N–H and O–H groups in total. The Labute approximate surface area is 126 Å². The van der Waals surface area contributed by atoms with Gasteiger partial charge in [-0.05, 0) is 38.0 Å². The molecule has 0 spiro atoms. The Morgan fingerprint density at radius 1 is 1.05 bits per heavy atom. The summed E-state index contributed by atoms with van der Waals surface area (Å²) in [6.07, 6.45) is 0. The second-order valence-electron chi connectivity index (χ2n) is 5.25. The minimum Gasteiger partial charge on any atom is -0.398 e. The normalized spacial score (nSPS) is 13.1. The van der Waals surface area contributed by atoms with Crippen molar-refractivity contribution in [3.63, 3.8) is 0 Å². The summed E-state index contributed by atoms with van der Waals surface area (Å²) in [5.74, 6) is 0. The topological polar surface area (TPSA) is 72.2 Å². The average Bonchev–Trinajstić information content (AvgIpc) is 2.38. The van der Waals surface area contributed by atoms with Crippen molar-refractivity contribution in [2.45, 2.75) is 31.7 Å². The maximum atomic E-state index is 12.5. The molecule has 0 bridgehead atoms. The molecule has 0 heterocycles. The Bertz CT molecular complexity index is 717. The highest BCUT2D eigenvalue weighted by Crippen LogP contribution is 2.24. The van der Waals surface area contributed by atoms with E-state index in [1.54, 1.807) is 25.1 Å². The van der Waals surface area contributed by atoms with Gasteiger partial charge in [0.25, 0.3) is 0 Å². The molecule has 0 amide bonds. The fourth-order valence-electron chi connectivity index (χ4n) is 2.26. The van der Waals surface area contributed by atoms with Crippen LogP contribution >= 0.6 is 0 Å². The number of sulfonamides is 1. The number of nitrogens with one attached hydrogen (secondary N) is 1. The van der Waals surface area contributed by atoms with Crippen LogP contribution in [0.4, 0.5) is 5.69 Å². The first-order chi connectivity index (χ1) is 9.81. The largest absolute Gasteiger partial charge is 0.398 e. The fraction of sp³-hybridized carbons (Fsp3) is 0.250. The Balaban J connectivity index is 2.31. The number of nitrogen functional groups attached to an aromatic ring is 1. The van der Waals surface area contributed by atoms with Gasteiger partial charge < -0.3 is 5.73 Å². The van der Waals surface area contributed by atoms with E-state index in [1.165, 1.54) is 0 Å². The molecule has 0 fully saturated rings. The van der Waals surface area contributed by atoms with Gasteiger partial charge in [-0.25, -0.2) is 13.1 Å². The van der Waals surface area contributed by atoms with Crippen LogP contribution in [0.1, 0.15) is 29.7 Å². The molecule has 0 aliphatic heterocycles. The molecule has 0 aromatic heterocycles. The zero-order chi connectivity index (χ0) is 15.6. The quantitative estimate of drug-likeness (QED) is 0.853. The SMILES string of the molecule is Cc1ccc(C(C)NS(=O)(=O)c2c(C)cccc2N)cc1. The van der Waals surface area contributed by atoms with E-state index in [-0.39, 0.29) is 16.6 Å². The van der Waals surface area contributed by atoms with Crippen molar-refractivity contribution in [3.8, 4) is 0 Å². The second kappa shape index (κ2) is 5.87. The van der Waals surface area contributed by atoms with Crippen molar-refractivity contribution in [1.82, 2.24) is 4.72 Å². The Morgan fingerprint density at radius 3 is 2.24 bits per heavy atom. The molecule has 2 aromatic carbocycles. The lowest BCUT2D eigenvalue weighted by molar-refractivity contribution is 0.567. The first-order valence-corrected chi connectivity index (χ1v) is 8.23. The number of anilines is 1. The highest BCUT2D eigenvalue weighted by Gasteiger charge is 2.22. The van der Waals surface area contributed by atoms with Crippen molar-refractivity contribution < 1.29 is 8.42 Å². The molecule has 112 valence electrons. The van der Waals surface area contributed by atoms with Crippen LogP contribution in [0.15, 0.2) is 47.4 Å². The van der Waals surface area contributed by atoms with Crippen LogP contribution in [0.25, 0.3) is 0 Å². The summed E-state index contributed by atoms with van der Waals surface area (Å²) < 4.78 is 27.7. The van der Waals surface area contributed by atoms with Gasteiger partial charge in [0, 0.05) is 6.04 Å². The van der Waals surface area contributed by atoms with Crippen molar-refractivity contribution in [3.05, 3.63) is 59.2 Å². The average molecular weight is 304 g/mol. The lowest BCUT2D eigenvalue weighted by atomic mass is 10.1. The molecule has 0 saturated heterocycles. The van der Waals surface area contributed by atoms with Gasteiger partial charge in [0.15, 0.2) is 0 Å². The molecular formula is C16H20N2O2S. The highest BCUT2D eigenvalue weighted by atomic mass is 32.2. The second-order valence-corrected chi connectivity index (χ2v) is 6.90. The Morgan fingerprint density at radius 2 is 1.67 bits per heavy atom. The predicted octanol–water partition coefficient (Wildman–Crippen LogP) is 2.93. The summed E-state index contributed by atoms with van der Waals surface area (Å²) in [5, 5.41) is 0. The van der Waals surface area contributed by atoms with E-state index in [0.29, 0.717) is 5.56 Å². The first-order valence-electron chi connectivity index (χ1n) is 6.75. The molecule has 0 aliphatic carbocycles. The number of rotatable bonds is 4. The number of hydrogen-bond donors (Lipinski definition) is 2. The molecule has 1 unspecified atom stereocenters. The van der Waals surface area contributed by atoms with Gasteiger partial charge in [-0.3, -0.25) is 0 Å². The molecule has 4 nitrogen and oxygen atoms in total. The predicted molar refractivity (Wildman–Crippen MR) is 85.5 cm³/mol. The van der Waals surface area contributed by atoms with E-state index in [4.69, 9.17) is 5.73 Å². The van der Waals surface area contributed by atoms with Crippen molar-refractivity contribution >= 4 is 15.7 Å². The summed E-state index contributed by atoms with van der Waals surface area (Å²) in [4.78, 5) is 0.156. The smallest absolute Gasteiger partial charge is 0.243 e. The van der Waals surface area contributed by atoms with Crippen LogP contribution < -0.4 is 10.5 Å². The van der Waals surface area contributed by atoms with Crippen LogP contribution in [-0.2, 0) is 10.0 Å². The standard InChI is InChI=1S/C16H20N2O2S/c1-11-7-9-14(10-8-11)13(3)18-21(19,20)16-12(2)5-4-6-15(16)17/h4-10,13,18H,17H2,1-3H3. The molecule has 21 heavy (non-hydrogen) atoms. The highest BCUT2D eigenvalue weighted by molar-refractivity contribution is 7.89. The maximum absolute atomic E-state index is 12.5. The number of benzene rings is 2. The third-order valence-corrected chi connectivity index (χ3v) is 5.18. The van der Waals surface area contributed by atoms with E-state index in [1.807, 2.05) is 38.1 Å². The van der Waals surface area contributed by atoms with Gasteiger partial charge in [-0.15, -0.1) is 0 Å². The number of aryl methyl sites for hydroxylation is 2. The molecular weight excluding hydrogens is 284 g/mol. The van der Waals surface area contributed by atoms with E-state index >= 15 is 0 Å². The zero-order valence-corrected chi connectivity index (χ0v) is 13.2. The van der Waals surface area contributed by atoms with Crippen molar-refractivity contribution in [2.24, 2.45) is 0 Å². The van der Waals surface area contributed by atoms with Crippen LogP contribution in [0.3, 0.4) is 0 Å². The minimum absolute atomic E-state index is 0.156. The van der Waals surface area contributed by atoms with Crippen LogP contribution in [0, 0.1) is 13.8 Å². The van der Waals surface area contributed by atoms with Gasteiger partial charge in [0.1, 0.15) is 4.90 Å². The van der Waals surface area contributed by atoms with Gasteiger partial charge in [0.2, 0.25) is 10.0 Å². The monoisotopic (exact) mass is 304 g/mol. The van der Waals surface area contributed by atoms with E-state index in [2.05, 4.69) is 4.72 Å². The third kappa shape index (κ3) is 3.43. The summed E-state index contributed by atoms with van der Waals surface area (Å²) >= 11 is 0. The minimum atomic E-state index is -3.65. The molecule has 0 radical (unpaired) electrons. The summed E-state index contributed by atoms with van der Waals surface area (Å²) in [5.41, 5.74) is 8.77. The van der Waals surface area contributed by atoms with Crippen LogP contribution in [0.2, 0.25) is 0 Å². The number of nitrogens with two attached hydrogens (primary N) is 1. The van der Waals surface area contributed by atoms with E-state index < -0.39 is 10.0 Å². The third-order valence-electron chi connectivity index (χ3n) is 3.42. The molecule has 0 saturated carbocycles. The summed E-state index contributed by atoms with van der Waals surface area (Å²) in [6, 6.07) is 12.5. The zero-order valence-electron chi connectivity index (χ0n) is 12.4. The van der Waals surface area contributed by atoms with Gasteiger partial charge in [-0.1, -0.05) is 42.0 Å². The Kier molecular flexibility index (Phi) is 4.34. The number of hydrogen-bond acceptors (Lipinski definition) is 3. The van der Waals surface area contributed by atoms with E-state index in [0.717, 1.165) is 11.1 Å². The van der Waals surface area contributed by atoms with Gasteiger partial charge in [0.05, 0.1) is 5.69 Å². The van der Waals surface area contributed by atoms with Gasteiger partial charge in [-0.2, -0.15) is 0 Å². The Hall–Kier alpha value is -1.85. The lowest BCUT2D eigenvalue weighted by Crippen LogP contribution is -2.28.